The smallest absolute Gasteiger partial charge is 0.317 e. The van der Waals surface area contributed by atoms with Gasteiger partial charge in [0.25, 0.3) is 0 Å². The summed E-state index contributed by atoms with van der Waals surface area (Å²) in [5, 5.41) is 32.9. The predicted octanol–water partition coefficient (Wildman–Crippen LogP) is 1.46. The van der Waals surface area contributed by atoms with Crippen LogP contribution in [0.3, 0.4) is 0 Å². The third-order valence-electron chi connectivity index (χ3n) is 3.73. The number of likely N-dealkylation sites (N-methyl/N-ethyl adjacent to an activating group) is 1. The summed E-state index contributed by atoms with van der Waals surface area (Å²) in [7, 11) is 1.63. The van der Waals surface area contributed by atoms with Gasteiger partial charge in [-0.3, -0.25) is 14.4 Å². The first-order chi connectivity index (χ1) is 15.1. The van der Waals surface area contributed by atoms with Crippen LogP contribution in [0.5, 0.6) is 5.75 Å². The molecule has 0 unspecified atom stereocenters. The van der Waals surface area contributed by atoms with Crippen molar-refractivity contribution in [3.8, 4) is 5.75 Å². The Bertz CT molecular complexity index is 626. The fourth-order valence-electron chi connectivity index (χ4n) is 2.04. The van der Waals surface area contributed by atoms with E-state index >= 15 is 0 Å². The second-order valence-electron chi connectivity index (χ2n) is 7.10. The molecule has 0 heterocycles. The third kappa shape index (κ3) is 29.3. The first kappa shape index (κ1) is 34.9. The minimum atomic E-state index is -0.829. The number of benzene rings is 1. The van der Waals surface area contributed by atoms with Crippen molar-refractivity contribution in [2.75, 3.05) is 46.4 Å². The number of carbonyl (C=O) groups is 3. The van der Waals surface area contributed by atoms with E-state index in [1.165, 1.54) is 0 Å². The summed E-state index contributed by atoms with van der Waals surface area (Å²) in [5.41, 5.74) is 1.16. The van der Waals surface area contributed by atoms with Gasteiger partial charge in [-0.25, -0.2) is 0 Å². The van der Waals surface area contributed by atoms with Gasteiger partial charge in [-0.15, -0.1) is 0 Å². The number of rotatable bonds is 14. The summed E-state index contributed by atoms with van der Waals surface area (Å²) < 4.78 is 5.03. The van der Waals surface area contributed by atoms with Crippen LogP contribution in [0.4, 0.5) is 0 Å². The van der Waals surface area contributed by atoms with Gasteiger partial charge in [0.05, 0.1) is 26.7 Å². The van der Waals surface area contributed by atoms with Crippen LogP contribution in [0.25, 0.3) is 0 Å². The summed E-state index contributed by atoms with van der Waals surface area (Å²) in [4.78, 5) is 29.9. The molecule has 0 atom stereocenters. The van der Waals surface area contributed by atoms with E-state index in [1.54, 1.807) is 7.11 Å². The predicted molar refractivity (Wildman–Crippen MR) is 128 cm³/mol. The normalized spacial score (nSPS) is 9.48. The molecule has 11 heteroatoms. The van der Waals surface area contributed by atoms with Gasteiger partial charge in [0.2, 0.25) is 0 Å². The lowest BCUT2D eigenvalue weighted by atomic mass is 10.1. The third-order valence-corrected chi connectivity index (χ3v) is 3.73. The van der Waals surface area contributed by atoms with Crippen LogP contribution < -0.4 is 26.8 Å². The number of methoxy groups -OCH3 is 1. The Morgan fingerprint density at radius 3 is 1.67 bits per heavy atom. The van der Waals surface area contributed by atoms with E-state index in [9.17, 15) is 14.4 Å². The Hall–Kier alpha value is -2.73. The van der Waals surface area contributed by atoms with E-state index in [2.05, 4.69) is 29.8 Å². The molecule has 0 saturated carbocycles. The Balaban J connectivity index is -0.000000437. The molecule has 0 aliphatic carbocycles. The van der Waals surface area contributed by atoms with Gasteiger partial charge in [0, 0.05) is 0 Å². The van der Waals surface area contributed by atoms with Crippen molar-refractivity contribution < 1.29 is 34.4 Å². The average Bonchev–Trinajstić information content (AvgIpc) is 2.74. The molecule has 1 aromatic rings. The summed E-state index contributed by atoms with van der Waals surface area (Å²) in [6, 6.07) is 7.74. The lowest BCUT2D eigenvalue weighted by molar-refractivity contribution is -0.136. The fourth-order valence-corrected chi connectivity index (χ4v) is 2.04. The van der Waals surface area contributed by atoms with Gasteiger partial charge in [-0.2, -0.15) is 0 Å². The van der Waals surface area contributed by atoms with Crippen molar-refractivity contribution in [2.24, 2.45) is 5.92 Å². The zero-order valence-corrected chi connectivity index (χ0v) is 20.2. The zero-order valence-electron chi connectivity index (χ0n) is 20.2. The highest BCUT2D eigenvalue weighted by atomic mass is 16.5. The summed E-state index contributed by atoms with van der Waals surface area (Å²) >= 11 is 0. The van der Waals surface area contributed by atoms with E-state index in [4.69, 9.17) is 20.1 Å². The summed E-state index contributed by atoms with van der Waals surface area (Å²) in [6.07, 6.45) is 1.85. The highest BCUT2D eigenvalue weighted by molar-refractivity contribution is 5.69. The topological polar surface area (TPSA) is 192 Å². The van der Waals surface area contributed by atoms with Crippen molar-refractivity contribution in [3.05, 3.63) is 29.8 Å². The van der Waals surface area contributed by atoms with Crippen molar-refractivity contribution in [2.45, 2.75) is 33.6 Å². The Kier molecular flexibility index (Phi) is 25.3. The van der Waals surface area contributed by atoms with Gasteiger partial charge in [0.1, 0.15) is 5.75 Å². The van der Waals surface area contributed by atoms with Gasteiger partial charge in [-0.05, 0) is 56.1 Å². The van der Waals surface area contributed by atoms with E-state index in [-0.39, 0.29) is 25.8 Å². The molecule has 0 aliphatic rings. The second-order valence-corrected chi connectivity index (χ2v) is 7.10. The molecule has 0 aromatic heterocycles. The molecule has 9 N–H and O–H groups in total. The van der Waals surface area contributed by atoms with E-state index in [0.29, 0.717) is 19.0 Å². The largest absolute Gasteiger partial charge is 0.497 e. The molecular formula is C22H42N4O7. The molecule has 1 rings (SSSR count). The Labute approximate surface area is 196 Å². The minimum absolute atomic E-state index is 0. The lowest BCUT2D eigenvalue weighted by Crippen LogP contribution is -2.24. The maximum atomic E-state index is 10.2. The van der Waals surface area contributed by atoms with Crippen LogP contribution in [0.2, 0.25) is 0 Å². The molecule has 0 spiro atoms. The highest BCUT2D eigenvalue weighted by Crippen LogP contribution is 2.11. The van der Waals surface area contributed by atoms with Crippen LogP contribution in [-0.2, 0) is 20.8 Å². The Morgan fingerprint density at radius 1 is 0.848 bits per heavy atom. The molecule has 0 saturated heterocycles. The number of ether oxygens (including phenoxy) is 1. The molecule has 1 aromatic carbocycles. The number of hydrogen-bond acceptors (Lipinski definition) is 8. The van der Waals surface area contributed by atoms with E-state index in [0.717, 1.165) is 30.7 Å². The zero-order chi connectivity index (χ0) is 24.8. The molecule has 0 radical (unpaired) electrons. The summed E-state index contributed by atoms with van der Waals surface area (Å²) in [6.45, 7) is 8.42. The van der Waals surface area contributed by atoms with Crippen LogP contribution in [0, 0.1) is 5.92 Å². The monoisotopic (exact) mass is 474 g/mol. The molecular weight excluding hydrogens is 432 g/mol. The molecule has 0 amide bonds. The molecule has 0 bridgehead atoms. The van der Waals surface area contributed by atoms with Gasteiger partial charge < -0.3 is 42.2 Å². The number of aliphatic carboxylic acids is 3. The standard InChI is InChI=1S/C11H15NO3.C7H15NO2.C4H9NO2.H3N/c1-15-10-4-2-9(3-5-10)6-7-12-8-11(13)14;1-6(2)3-4-8-5-7(9)10;1-2-5-3-4(6)7;/h2-5,12H,6-8H2,1H3,(H,13,14);6,8H,3-5H2,1-2H3,(H,9,10);5H,2-3H2,1H3,(H,6,7);1H3. The van der Waals surface area contributed by atoms with Crippen LogP contribution >= 0.6 is 0 Å². The van der Waals surface area contributed by atoms with E-state index in [1.807, 2.05) is 31.2 Å². The Morgan fingerprint density at radius 2 is 1.30 bits per heavy atom. The minimum Gasteiger partial charge on any atom is -0.497 e. The van der Waals surface area contributed by atoms with Gasteiger partial charge in [0.15, 0.2) is 0 Å². The van der Waals surface area contributed by atoms with E-state index < -0.39 is 17.9 Å². The fraction of sp³-hybridized carbons (Fsp3) is 0.591. The molecule has 0 aliphatic heterocycles. The first-order valence-corrected chi connectivity index (χ1v) is 10.5. The maximum absolute atomic E-state index is 10.2. The van der Waals surface area contributed by atoms with Gasteiger partial charge in [-0.1, -0.05) is 32.9 Å². The summed E-state index contributed by atoms with van der Waals surface area (Å²) in [5.74, 6) is -0.950. The van der Waals surface area contributed by atoms with Gasteiger partial charge >= 0.3 is 17.9 Å². The molecule has 33 heavy (non-hydrogen) atoms. The SMILES string of the molecule is CC(C)CCNCC(=O)O.CCNCC(=O)O.COc1ccc(CCNCC(=O)O)cc1.N. The van der Waals surface area contributed by atoms with Crippen LogP contribution in [0.1, 0.15) is 32.8 Å². The van der Waals surface area contributed by atoms with Crippen LogP contribution in [-0.4, -0.2) is 79.6 Å². The number of carboxylic acids is 3. The van der Waals surface area contributed by atoms with Crippen molar-refractivity contribution in [1.29, 1.82) is 0 Å². The quantitative estimate of drug-likeness (QED) is 0.193. The lowest BCUT2D eigenvalue weighted by Gasteiger charge is -2.03. The van der Waals surface area contributed by atoms with Crippen molar-refractivity contribution in [1.82, 2.24) is 22.1 Å². The molecule has 0 fully saturated rings. The average molecular weight is 475 g/mol. The number of hydrogen-bond donors (Lipinski definition) is 7. The molecule has 11 nitrogen and oxygen atoms in total. The number of carboxylic acid groups (broad SMARTS) is 3. The van der Waals surface area contributed by atoms with Crippen LogP contribution in [0.15, 0.2) is 24.3 Å². The first-order valence-electron chi connectivity index (χ1n) is 10.5. The second kappa shape index (κ2) is 23.9. The maximum Gasteiger partial charge on any atom is 0.317 e. The highest BCUT2D eigenvalue weighted by Gasteiger charge is 1.97. The molecule has 192 valence electrons. The van der Waals surface area contributed by atoms with Crippen molar-refractivity contribution in [3.63, 3.8) is 0 Å². The number of nitrogens with one attached hydrogen (secondary N) is 3. The van der Waals surface area contributed by atoms with Crippen molar-refractivity contribution >= 4 is 17.9 Å².